The Labute approximate surface area is 170 Å². The third-order valence-electron chi connectivity index (χ3n) is 5.88. The molecular formula is C20H29N7O2. The molecule has 0 spiro atoms. The van der Waals surface area contributed by atoms with Crippen LogP contribution in [0.15, 0.2) is 12.4 Å². The number of aromatic nitrogens is 5. The van der Waals surface area contributed by atoms with Crippen molar-refractivity contribution in [2.24, 2.45) is 13.0 Å². The molecule has 9 nitrogen and oxygen atoms in total. The molecule has 2 aliphatic rings. The van der Waals surface area contributed by atoms with Gasteiger partial charge in [0.1, 0.15) is 5.82 Å². The molecule has 4 rings (SSSR count). The summed E-state index contributed by atoms with van der Waals surface area (Å²) in [5.74, 6) is 3.15. The molecule has 0 unspecified atom stereocenters. The maximum Gasteiger partial charge on any atom is 0.290 e. The van der Waals surface area contributed by atoms with E-state index in [9.17, 15) is 9.59 Å². The highest BCUT2D eigenvalue weighted by atomic mass is 16.2. The first-order valence-corrected chi connectivity index (χ1v) is 10.4. The van der Waals surface area contributed by atoms with Crippen molar-refractivity contribution in [1.29, 1.82) is 0 Å². The number of hydrogen-bond acceptors (Lipinski definition) is 5. The Bertz CT molecular complexity index is 893. The smallest absolute Gasteiger partial charge is 0.290 e. The molecule has 2 aromatic heterocycles. The molecule has 0 atom stereocenters. The Kier molecular flexibility index (Phi) is 5.38. The van der Waals surface area contributed by atoms with Crippen LogP contribution in [0.5, 0.6) is 0 Å². The minimum absolute atomic E-state index is 0.0785. The Morgan fingerprint density at radius 3 is 2.52 bits per heavy atom. The topological polar surface area (TPSA) is 89.2 Å². The normalized spacial score (nSPS) is 17.7. The molecular weight excluding hydrogens is 370 g/mol. The van der Waals surface area contributed by atoms with Crippen LogP contribution in [0.25, 0.3) is 0 Å². The lowest BCUT2D eigenvalue weighted by atomic mass is 9.95. The van der Waals surface area contributed by atoms with Gasteiger partial charge in [-0.1, -0.05) is 13.8 Å². The predicted octanol–water partition coefficient (Wildman–Crippen LogP) is 1.42. The van der Waals surface area contributed by atoms with Gasteiger partial charge in [0.05, 0.1) is 6.54 Å². The summed E-state index contributed by atoms with van der Waals surface area (Å²) < 4.78 is 3.90. The number of carbonyl (C=O) groups is 2. The minimum atomic E-state index is -0.0785. The van der Waals surface area contributed by atoms with Crippen LogP contribution >= 0.6 is 0 Å². The van der Waals surface area contributed by atoms with Crippen LogP contribution in [0, 0.1) is 5.92 Å². The molecule has 2 aliphatic heterocycles. The van der Waals surface area contributed by atoms with Crippen molar-refractivity contribution in [2.75, 3.05) is 19.6 Å². The van der Waals surface area contributed by atoms with Crippen LogP contribution in [0.4, 0.5) is 0 Å². The number of nitrogens with zero attached hydrogens (tertiary/aromatic N) is 7. The van der Waals surface area contributed by atoms with E-state index in [1.54, 1.807) is 21.9 Å². The van der Waals surface area contributed by atoms with Gasteiger partial charge in [-0.25, -0.2) is 4.98 Å². The Balaban J connectivity index is 1.40. The number of aryl methyl sites for hydroxylation is 1. The molecule has 2 aromatic rings. The highest BCUT2D eigenvalue weighted by Gasteiger charge is 2.31. The molecule has 4 heterocycles. The number of imidazole rings is 1. The van der Waals surface area contributed by atoms with E-state index in [0.717, 1.165) is 37.6 Å². The zero-order valence-electron chi connectivity index (χ0n) is 17.4. The fourth-order valence-electron chi connectivity index (χ4n) is 4.23. The summed E-state index contributed by atoms with van der Waals surface area (Å²) in [5.41, 5.74) is 0. The van der Waals surface area contributed by atoms with Gasteiger partial charge in [-0.2, -0.15) is 0 Å². The largest absolute Gasteiger partial charge is 0.343 e. The van der Waals surface area contributed by atoms with Gasteiger partial charge in [-0.3, -0.25) is 9.59 Å². The molecule has 1 fully saturated rings. The van der Waals surface area contributed by atoms with Gasteiger partial charge < -0.3 is 18.9 Å². The number of carbonyl (C=O) groups excluding carboxylic acids is 2. The third-order valence-corrected chi connectivity index (χ3v) is 5.88. The van der Waals surface area contributed by atoms with E-state index in [1.807, 2.05) is 11.9 Å². The molecule has 2 amide bonds. The standard InChI is InChI=1S/C20H29N7O2/c1-14(2)12-17(28)25-7-4-15(5-8-25)18-23-22-16-13-26(10-11-27(16)18)20(29)19-21-6-9-24(19)3/h6,9,14-15H,4-5,7-8,10-13H2,1-3H3. The predicted molar refractivity (Wildman–Crippen MR) is 106 cm³/mol. The van der Waals surface area contributed by atoms with Crippen molar-refractivity contribution in [2.45, 2.75) is 52.1 Å². The Hall–Kier alpha value is -2.71. The zero-order chi connectivity index (χ0) is 20.5. The summed E-state index contributed by atoms with van der Waals surface area (Å²) in [6, 6.07) is 0. The quantitative estimate of drug-likeness (QED) is 0.776. The van der Waals surface area contributed by atoms with Crippen molar-refractivity contribution in [1.82, 2.24) is 34.1 Å². The number of hydrogen-bond donors (Lipinski definition) is 0. The van der Waals surface area contributed by atoms with E-state index in [2.05, 4.69) is 33.6 Å². The fraction of sp³-hybridized carbons (Fsp3) is 0.650. The highest BCUT2D eigenvalue weighted by Crippen LogP contribution is 2.29. The Morgan fingerprint density at radius 1 is 1.10 bits per heavy atom. The van der Waals surface area contributed by atoms with Crippen LogP contribution in [0.1, 0.15) is 61.3 Å². The van der Waals surface area contributed by atoms with Crippen LogP contribution in [-0.2, 0) is 24.9 Å². The number of piperidine rings is 1. The average Bonchev–Trinajstić information content (AvgIpc) is 3.32. The second kappa shape index (κ2) is 7.96. The molecule has 0 bridgehead atoms. The van der Waals surface area contributed by atoms with Crippen molar-refractivity contribution < 1.29 is 9.59 Å². The van der Waals surface area contributed by atoms with Crippen molar-refractivity contribution in [3.05, 3.63) is 29.9 Å². The number of likely N-dealkylation sites (tertiary alicyclic amines) is 1. The van der Waals surface area contributed by atoms with Crippen LogP contribution in [0.2, 0.25) is 0 Å². The molecule has 0 radical (unpaired) electrons. The maximum absolute atomic E-state index is 12.7. The van der Waals surface area contributed by atoms with E-state index >= 15 is 0 Å². The van der Waals surface area contributed by atoms with E-state index in [1.165, 1.54) is 0 Å². The minimum Gasteiger partial charge on any atom is -0.343 e. The van der Waals surface area contributed by atoms with Gasteiger partial charge in [0.25, 0.3) is 5.91 Å². The van der Waals surface area contributed by atoms with Crippen molar-refractivity contribution in [3.63, 3.8) is 0 Å². The van der Waals surface area contributed by atoms with Gasteiger partial charge >= 0.3 is 0 Å². The first-order chi connectivity index (χ1) is 13.9. The molecule has 156 valence electrons. The monoisotopic (exact) mass is 399 g/mol. The van der Waals surface area contributed by atoms with Gasteiger partial charge in [-0.15, -0.1) is 10.2 Å². The summed E-state index contributed by atoms with van der Waals surface area (Å²) in [4.78, 5) is 33.0. The molecule has 29 heavy (non-hydrogen) atoms. The second-order valence-corrected chi connectivity index (χ2v) is 8.47. The fourth-order valence-corrected chi connectivity index (χ4v) is 4.23. The van der Waals surface area contributed by atoms with E-state index in [0.29, 0.717) is 43.7 Å². The summed E-state index contributed by atoms with van der Waals surface area (Å²) in [6.07, 6.45) is 5.85. The van der Waals surface area contributed by atoms with Crippen molar-refractivity contribution in [3.8, 4) is 0 Å². The van der Waals surface area contributed by atoms with Crippen LogP contribution < -0.4 is 0 Å². The third kappa shape index (κ3) is 3.90. The maximum atomic E-state index is 12.7. The summed E-state index contributed by atoms with van der Waals surface area (Å²) in [5, 5.41) is 8.84. The molecule has 0 aromatic carbocycles. The molecule has 0 aliphatic carbocycles. The lowest BCUT2D eigenvalue weighted by Crippen LogP contribution is -2.41. The summed E-state index contributed by atoms with van der Waals surface area (Å²) in [6.45, 7) is 7.48. The van der Waals surface area contributed by atoms with Gasteiger partial charge in [0.15, 0.2) is 11.6 Å². The number of fused-ring (bicyclic) bond motifs is 1. The molecule has 1 saturated heterocycles. The van der Waals surface area contributed by atoms with Crippen LogP contribution in [-0.4, -0.2) is 65.6 Å². The van der Waals surface area contributed by atoms with E-state index in [4.69, 9.17) is 0 Å². The second-order valence-electron chi connectivity index (χ2n) is 8.47. The average molecular weight is 399 g/mol. The van der Waals surface area contributed by atoms with Gasteiger partial charge in [0.2, 0.25) is 5.91 Å². The highest BCUT2D eigenvalue weighted by molar-refractivity contribution is 5.90. The zero-order valence-corrected chi connectivity index (χ0v) is 17.4. The first kappa shape index (κ1) is 19.6. The summed E-state index contributed by atoms with van der Waals surface area (Å²) in [7, 11) is 1.82. The van der Waals surface area contributed by atoms with E-state index in [-0.39, 0.29) is 11.8 Å². The SMILES string of the molecule is CC(C)CC(=O)N1CCC(c2nnc3n2CCN(C(=O)c2nccn2C)C3)CC1. The summed E-state index contributed by atoms with van der Waals surface area (Å²) >= 11 is 0. The lowest BCUT2D eigenvalue weighted by molar-refractivity contribution is -0.133. The lowest BCUT2D eigenvalue weighted by Gasteiger charge is -2.33. The first-order valence-electron chi connectivity index (χ1n) is 10.4. The molecule has 0 saturated carbocycles. The number of amides is 2. The molecule has 0 N–H and O–H groups in total. The number of rotatable bonds is 4. The molecule has 9 heteroatoms. The Morgan fingerprint density at radius 2 is 1.86 bits per heavy atom. The van der Waals surface area contributed by atoms with E-state index < -0.39 is 0 Å². The van der Waals surface area contributed by atoms with Crippen molar-refractivity contribution >= 4 is 11.8 Å². The van der Waals surface area contributed by atoms with Gasteiger partial charge in [0, 0.05) is 58.0 Å². The van der Waals surface area contributed by atoms with Gasteiger partial charge in [-0.05, 0) is 18.8 Å². The van der Waals surface area contributed by atoms with Crippen LogP contribution in [0.3, 0.4) is 0 Å².